The monoisotopic (exact) mass is 196 g/mol. The van der Waals surface area contributed by atoms with Crippen molar-refractivity contribution in [1.82, 2.24) is 0 Å². The maximum Gasteiger partial charge on any atom is 0.141 e. The number of carbonyl (C=O) groups excluding carboxylic acids is 1. The van der Waals surface area contributed by atoms with Crippen LogP contribution in [0, 0.1) is 5.41 Å². The number of hydrogen-bond acceptors (Lipinski definition) is 2. The molecule has 0 saturated heterocycles. The summed E-state index contributed by atoms with van der Waals surface area (Å²) in [5.41, 5.74) is -0.319. The van der Waals surface area contributed by atoms with E-state index in [1.165, 1.54) is 12.8 Å². The van der Waals surface area contributed by atoms with Gasteiger partial charge in [-0.15, -0.1) is 0 Å². The first kappa shape index (κ1) is 10.2. The third kappa shape index (κ3) is 1.60. The lowest BCUT2D eigenvalue weighted by Crippen LogP contribution is -2.39. The summed E-state index contributed by atoms with van der Waals surface area (Å²) in [6, 6.07) is 0. The van der Waals surface area contributed by atoms with Gasteiger partial charge in [0.25, 0.3) is 0 Å². The summed E-state index contributed by atoms with van der Waals surface area (Å²) < 4.78 is 0. The van der Waals surface area contributed by atoms with Crippen LogP contribution in [0.3, 0.4) is 0 Å². The molecule has 2 fully saturated rings. The first-order valence-electron chi connectivity index (χ1n) is 5.97. The molecule has 0 aliphatic heterocycles. The number of aliphatic hydroxyl groups is 1. The van der Waals surface area contributed by atoms with Gasteiger partial charge in [-0.2, -0.15) is 0 Å². The topological polar surface area (TPSA) is 37.3 Å². The Labute approximate surface area is 85.7 Å². The van der Waals surface area contributed by atoms with Crippen molar-refractivity contribution in [3.8, 4) is 0 Å². The van der Waals surface area contributed by atoms with Crippen LogP contribution in [-0.2, 0) is 4.79 Å². The lowest BCUT2D eigenvalue weighted by molar-refractivity contribution is -0.135. The summed E-state index contributed by atoms with van der Waals surface area (Å²) >= 11 is 0. The largest absolute Gasteiger partial charge is 0.392 e. The highest BCUT2D eigenvalue weighted by atomic mass is 16.3. The Morgan fingerprint density at radius 1 is 1.07 bits per heavy atom. The van der Waals surface area contributed by atoms with Crippen LogP contribution in [0.15, 0.2) is 0 Å². The highest BCUT2D eigenvalue weighted by Gasteiger charge is 2.46. The fraction of sp³-hybridized carbons (Fsp3) is 0.917. The lowest BCUT2D eigenvalue weighted by atomic mass is 9.72. The van der Waals surface area contributed by atoms with Gasteiger partial charge >= 0.3 is 0 Å². The molecule has 2 saturated carbocycles. The molecule has 0 aromatic heterocycles. The molecule has 0 aromatic carbocycles. The molecule has 1 N–H and O–H groups in total. The van der Waals surface area contributed by atoms with Gasteiger partial charge in [-0.25, -0.2) is 0 Å². The van der Waals surface area contributed by atoms with Crippen LogP contribution < -0.4 is 0 Å². The second-order valence-electron chi connectivity index (χ2n) is 4.90. The van der Waals surface area contributed by atoms with Crippen LogP contribution in [0.2, 0.25) is 0 Å². The quantitative estimate of drug-likeness (QED) is 0.646. The molecule has 2 rings (SSSR count). The van der Waals surface area contributed by atoms with Crippen molar-refractivity contribution in [2.75, 3.05) is 0 Å². The summed E-state index contributed by atoms with van der Waals surface area (Å²) in [6.07, 6.45) is 8.71. The molecule has 2 aliphatic rings. The number of Topliss-reactive ketones (excluding diaryl/α,β-unsaturated/α-hetero) is 1. The van der Waals surface area contributed by atoms with Gasteiger partial charge in [0, 0.05) is 6.42 Å². The van der Waals surface area contributed by atoms with E-state index in [0.717, 1.165) is 38.5 Å². The van der Waals surface area contributed by atoms with E-state index in [9.17, 15) is 9.90 Å². The molecule has 0 bridgehead atoms. The van der Waals surface area contributed by atoms with E-state index >= 15 is 0 Å². The third-order valence-electron chi connectivity index (χ3n) is 4.07. The van der Waals surface area contributed by atoms with Crippen LogP contribution in [0.25, 0.3) is 0 Å². The zero-order valence-corrected chi connectivity index (χ0v) is 8.80. The van der Waals surface area contributed by atoms with Gasteiger partial charge < -0.3 is 5.11 Å². The molecule has 1 spiro atoms. The van der Waals surface area contributed by atoms with Crippen molar-refractivity contribution >= 4 is 5.78 Å². The van der Waals surface area contributed by atoms with Gasteiger partial charge in [0.05, 0.1) is 11.5 Å². The van der Waals surface area contributed by atoms with Gasteiger partial charge in [-0.05, 0) is 32.1 Å². The maximum absolute atomic E-state index is 12.0. The minimum atomic E-state index is -0.340. The molecule has 0 heterocycles. The van der Waals surface area contributed by atoms with E-state index in [4.69, 9.17) is 0 Å². The van der Waals surface area contributed by atoms with Crippen molar-refractivity contribution in [2.45, 2.75) is 63.9 Å². The predicted molar refractivity (Wildman–Crippen MR) is 55.0 cm³/mol. The molecule has 0 radical (unpaired) electrons. The number of aliphatic hydroxyl groups excluding tert-OH is 1. The molecule has 2 heteroatoms. The molecule has 0 unspecified atom stereocenters. The predicted octanol–water partition coefficient (Wildman–Crippen LogP) is 2.44. The molecule has 0 aromatic rings. The van der Waals surface area contributed by atoms with E-state index in [1.807, 2.05) is 0 Å². The fourth-order valence-corrected chi connectivity index (χ4v) is 3.14. The Hall–Kier alpha value is -0.370. The molecule has 14 heavy (non-hydrogen) atoms. The van der Waals surface area contributed by atoms with Gasteiger partial charge in [0.15, 0.2) is 0 Å². The zero-order chi connectivity index (χ0) is 10.0. The number of hydrogen-bond donors (Lipinski definition) is 1. The SMILES string of the molecule is O=C1CCCCCC[C@]12CCC[C@@H]2O. The summed E-state index contributed by atoms with van der Waals surface area (Å²) in [5.74, 6) is 0.349. The van der Waals surface area contributed by atoms with Crippen molar-refractivity contribution < 1.29 is 9.90 Å². The Bertz CT molecular complexity index is 224. The minimum Gasteiger partial charge on any atom is -0.392 e. The van der Waals surface area contributed by atoms with E-state index in [-0.39, 0.29) is 11.5 Å². The normalized spacial score (nSPS) is 39.8. The second kappa shape index (κ2) is 4.01. The first-order valence-corrected chi connectivity index (χ1v) is 5.97. The van der Waals surface area contributed by atoms with E-state index in [1.54, 1.807) is 0 Å². The van der Waals surface area contributed by atoms with Gasteiger partial charge in [-0.1, -0.05) is 19.3 Å². The van der Waals surface area contributed by atoms with E-state index in [2.05, 4.69) is 0 Å². The van der Waals surface area contributed by atoms with Crippen LogP contribution >= 0.6 is 0 Å². The van der Waals surface area contributed by atoms with Crippen molar-refractivity contribution in [1.29, 1.82) is 0 Å². The highest BCUT2D eigenvalue weighted by molar-refractivity contribution is 5.85. The number of carbonyl (C=O) groups is 1. The second-order valence-corrected chi connectivity index (χ2v) is 4.90. The summed E-state index contributed by atoms with van der Waals surface area (Å²) in [5, 5.41) is 9.97. The Morgan fingerprint density at radius 2 is 1.79 bits per heavy atom. The molecule has 2 nitrogen and oxygen atoms in total. The van der Waals surface area contributed by atoms with Crippen LogP contribution in [0.4, 0.5) is 0 Å². The van der Waals surface area contributed by atoms with Crippen LogP contribution in [-0.4, -0.2) is 17.0 Å². The van der Waals surface area contributed by atoms with Crippen LogP contribution in [0.1, 0.15) is 57.8 Å². The third-order valence-corrected chi connectivity index (χ3v) is 4.07. The maximum atomic E-state index is 12.0. The smallest absolute Gasteiger partial charge is 0.141 e. The van der Waals surface area contributed by atoms with E-state index in [0.29, 0.717) is 12.2 Å². The average Bonchev–Trinajstić information content (AvgIpc) is 2.52. The average molecular weight is 196 g/mol. The molecular weight excluding hydrogens is 176 g/mol. The molecule has 80 valence electrons. The minimum absolute atomic E-state index is 0.319. The van der Waals surface area contributed by atoms with Crippen LogP contribution in [0.5, 0.6) is 0 Å². The van der Waals surface area contributed by atoms with Crippen molar-refractivity contribution in [2.24, 2.45) is 5.41 Å². The fourth-order valence-electron chi connectivity index (χ4n) is 3.14. The lowest BCUT2D eigenvalue weighted by Gasteiger charge is -2.32. The highest BCUT2D eigenvalue weighted by Crippen LogP contribution is 2.45. The Morgan fingerprint density at radius 3 is 2.50 bits per heavy atom. The number of ketones is 1. The molecule has 2 atom stereocenters. The molecule has 0 amide bonds. The van der Waals surface area contributed by atoms with E-state index < -0.39 is 0 Å². The number of rotatable bonds is 0. The first-order chi connectivity index (χ1) is 6.76. The summed E-state index contributed by atoms with van der Waals surface area (Å²) in [4.78, 5) is 12.0. The van der Waals surface area contributed by atoms with Gasteiger partial charge in [-0.3, -0.25) is 4.79 Å². The Kier molecular flexibility index (Phi) is 2.91. The molecule has 2 aliphatic carbocycles. The summed E-state index contributed by atoms with van der Waals surface area (Å²) in [7, 11) is 0. The summed E-state index contributed by atoms with van der Waals surface area (Å²) in [6.45, 7) is 0. The Balaban J connectivity index is 2.15. The van der Waals surface area contributed by atoms with Gasteiger partial charge in [0.1, 0.15) is 5.78 Å². The zero-order valence-electron chi connectivity index (χ0n) is 8.80. The molecular formula is C12H20O2. The van der Waals surface area contributed by atoms with Crippen molar-refractivity contribution in [3.63, 3.8) is 0 Å². The standard InChI is InChI=1S/C12H20O2/c13-10-6-3-1-2-4-8-12(10)9-5-7-11(12)14/h11,14H,1-9H2/t11-,12-/m0/s1. The van der Waals surface area contributed by atoms with Gasteiger partial charge in [0.2, 0.25) is 0 Å². The van der Waals surface area contributed by atoms with Crippen molar-refractivity contribution in [3.05, 3.63) is 0 Å².